The van der Waals surface area contributed by atoms with Crippen LogP contribution in [-0.2, 0) is 53.5 Å². The largest absolute Gasteiger partial charge is 0.460 e. The molecule has 2 aromatic carbocycles. The number of ether oxygens (including phenoxy) is 10. The van der Waals surface area contributed by atoms with Crippen molar-refractivity contribution in [3.8, 4) is 0 Å². The van der Waals surface area contributed by atoms with Crippen molar-refractivity contribution in [2.45, 2.75) is 96.6 Å². The van der Waals surface area contributed by atoms with Crippen molar-refractivity contribution in [1.29, 1.82) is 0 Å². The van der Waals surface area contributed by atoms with Crippen LogP contribution in [0.5, 0.6) is 0 Å². The molecule has 15 heteroatoms. The van der Waals surface area contributed by atoms with Gasteiger partial charge in [0.1, 0.15) is 6.61 Å². The van der Waals surface area contributed by atoms with Crippen molar-refractivity contribution in [1.82, 2.24) is 0 Å². The number of hydrogen-bond acceptors (Lipinski definition) is 12. The summed E-state index contributed by atoms with van der Waals surface area (Å²) >= 11 is 0. The third kappa shape index (κ3) is 31.9. The monoisotopic (exact) mass is 888 g/mol. The molecule has 0 spiro atoms. The van der Waals surface area contributed by atoms with Crippen LogP contribution >= 0.6 is 0 Å². The molecule has 12 nitrogen and oxygen atoms in total. The smallest absolute Gasteiger partial charge is 0.416 e. The summed E-state index contributed by atoms with van der Waals surface area (Å²) in [4.78, 5) is 12.6. The molecule has 0 aliphatic heterocycles. The maximum absolute atomic E-state index is 13.1. The Morgan fingerprint density at radius 1 is 0.452 bits per heavy atom. The van der Waals surface area contributed by atoms with Gasteiger partial charge in [-0.2, -0.15) is 13.2 Å². The molecule has 0 fully saturated rings. The molecule has 356 valence electrons. The normalized spacial score (nSPS) is 11.7. The summed E-state index contributed by atoms with van der Waals surface area (Å²) in [5.41, 5.74) is -0.0782. The third-order valence-electron chi connectivity index (χ3n) is 9.45. The number of hydrogen-bond donors (Lipinski definition) is 1. The third-order valence-corrected chi connectivity index (χ3v) is 9.45. The summed E-state index contributed by atoms with van der Waals surface area (Å²) in [6, 6.07) is 11.2. The molecule has 0 aliphatic rings. The first-order valence-corrected chi connectivity index (χ1v) is 22.8. The standard InChI is InChI=1S/C47H76F3NO11/c1-2-3-4-5-6-7-8-9-10-11-12-13-16-22-53-23-24-54-25-26-55-27-28-56-29-30-57-31-32-58-33-34-59-35-36-60-37-38-61-39-40-62-46(52)44-20-14-15-21-45(44)51-43-19-17-18-42(41-43)47(48,49)50/h14-15,17-21,41,51H,2-13,16,22-40H2,1H3. The van der Waals surface area contributed by atoms with E-state index in [0.29, 0.717) is 111 Å². The van der Waals surface area contributed by atoms with Crippen molar-refractivity contribution >= 4 is 17.3 Å². The zero-order chi connectivity index (χ0) is 44.4. The summed E-state index contributed by atoms with van der Waals surface area (Å²) in [7, 11) is 0. The summed E-state index contributed by atoms with van der Waals surface area (Å²) in [6.07, 6.45) is 13.1. The molecule has 0 amide bonds. The summed E-state index contributed by atoms with van der Waals surface area (Å²) < 4.78 is 94.2. The first-order chi connectivity index (χ1) is 30.4. The van der Waals surface area contributed by atoms with E-state index in [1.807, 2.05) is 0 Å². The Morgan fingerprint density at radius 3 is 1.24 bits per heavy atom. The van der Waals surface area contributed by atoms with Crippen LogP contribution in [0.15, 0.2) is 48.5 Å². The molecular formula is C47H76F3NO11. The van der Waals surface area contributed by atoms with Gasteiger partial charge in [-0.1, -0.05) is 102 Å². The van der Waals surface area contributed by atoms with Crippen molar-refractivity contribution in [2.24, 2.45) is 0 Å². The highest BCUT2D eigenvalue weighted by atomic mass is 19.4. The lowest BCUT2D eigenvalue weighted by Crippen LogP contribution is -2.16. The second-order valence-electron chi connectivity index (χ2n) is 14.6. The number of alkyl halides is 3. The number of halogens is 3. The number of para-hydroxylation sites is 1. The van der Waals surface area contributed by atoms with Gasteiger partial charge in [0.05, 0.1) is 129 Å². The number of carbonyl (C=O) groups is 1. The van der Waals surface area contributed by atoms with Gasteiger partial charge >= 0.3 is 12.1 Å². The Labute approximate surface area is 369 Å². The van der Waals surface area contributed by atoms with Crippen LogP contribution in [0.1, 0.15) is 106 Å². The van der Waals surface area contributed by atoms with Crippen molar-refractivity contribution in [3.63, 3.8) is 0 Å². The Hall–Kier alpha value is -2.86. The highest BCUT2D eigenvalue weighted by Gasteiger charge is 2.30. The van der Waals surface area contributed by atoms with Crippen LogP contribution < -0.4 is 5.32 Å². The lowest BCUT2D eigenvalue weighted by Gasteiger charge is -2.13. The van der Waals surface area contributed by atoms with Gasteiger partial charge < -0.3 is 52.7 Å². The second-order valence-corrected chi connectivity index (χ2v) is 14.6. The number of benzene rings is 2. The fraction of sp³-hybridized carbons (Fsp3) is 0.723. The SMILES string of the molecule is CCCCCCCCCCCCCCCOCCOCCOCCOCCOCCOCCOCCOCCOCCOC(=O)c1ccccc1Nc1cccc(C(F)(F)F)c1. The molecule has 0 bridgehead atoms. The van der Waals surface area contributed by atoms with E-state index >= 15 is 0 Å². The van der Waals surface area contributed by atoms with Gasteiger partial charge in [0.15, 0.2) is 0 Å². The van der Waals surface area contributed by atoms with E-state index in [0.717, 1.165) is 25.2 Å². The van der Waals surface area contributed by atoms with Crippen molar-refractivity contribution < 1.29 is 65.3 Å². The lowest BCUT2D eigenvalue weighted by molar-refractivity contribution is -0.137. The Kier molecular flexibility index (Phi) is 35.4. The van der Waals surface area contributed by atoms with Gasteiger partial charge in [0.2, 0.25) is 0 Å². The van der Waals surface area contributed by atoms with Gasteiger partial charge in [-0.3, -0.25) is 0 Å². The van der Waals surface area contributed by atoms with Crippen LogP contribution in [0, 0.1) is 0 Å². The molecule has 1 N–H and O–H groups in total. The van der Waals surface area contributed by atoms with E-state index in [1.54, 1.807) is 18.2 Å². The number of carbonyl (C=O) groups excluding carboxylic acids is 1. The molecule has 62 heavy (non-hydrogen) atoms. The van der Waals surface area contributed by atoms with Gasteiger partial charge in [-0.15, -0.1) is 0 Å². The second kappa shape index (κ2) is 39.7. The molecule has 0 unspecified atom stereocenters. The number of rotatable bonds is 44. The highest BCUT2D eigenvalue weighted by Crippen LogP contribution is 2.32. The minimum Gasteiger partial charge on any atom is -0.460 e. The number of unbranched alkanes of at least 4 members (excludes halogenated alkanes) is 12. The van der Waals surface area contributed by atoms with Gasteiger partial charge in [0.25, 0.3) is 0 Å². The van der Waals surface area contributed by atoms with Crippen molar-refractivity contribution in [2.75, 3.05) is 131 Å². The zero-order valence-electron chi connectivity index (χ0n) is 37.4. The van der Waals surface area contributed by atoms with Crippen LogP contribution in [0.25, 0.3) is 0 Å². The molecule has 0 aromatic heterocycles. The fourth-order valence-corrected chi connectivity index (χ4v) is 6.05. The minimum absolute atomic E-state index is 0.00152. The van der Waals surface area contributed by atoms with Crippen LogP contribution in [-0.4, -0.2) is 132 Å². The van der Waals surface area contributed by atoms with E-state index in [4.69, 9.17) is 47.4 Å². The highest BCUT2D eigenvalue weighted by molar-refractivity contribution is 5.96. The molecular weight excluding hydrogens is 812 g/mol. The molecule has 0 radical (unpaired) electrons. The van der Waals surface area contributed by atoms with E-state index in [1.165, 1.54) is 95.2 Å². The first-order valence-electron chi connectivity index (χ1n) is 22.8. The maximum atomic E-state index is 13.1. The Morgan fingerprint density at radius 2 is 0.823 bits per heavy atom. The van der Waals surface area contributed by atoms with Crippen LogP contribution in [0.2, 0.25) is 0 Å². The van der Waals surface area contributed by atoms with E-state index in [9.17, 15) is 18.0 Å². The van der Waals surface area contributed by atoms with Crippen molar-refractivity contribution in [3.05, 3.63) is 59.7 Å². The first kappa shape index (κ1) is 55.3. The molecule has 0 saturated carbocycles. The number of esters is 1. The predicted octanol–water partition coefficient (Wildman–Crippen LogP) is 9.85. The average molecular weight is 888 g/mol. The average Bonchev–Trinajstić information content (AvgIpc) is 3.27. The molecule has 2 rings (SSSR count). The van der Waals surface area contributed by atoms with Gasteiger partial charge in [-0.05, 0) is 36.8 Å². The summed E-state index contributed by atoms with van der Waals surface area (Å²) in [5, 5.41) is 2.86. The molecule has 0 heterocycles. The Balaban J connectivity index is 1.23. The topological polar surface area (TPSA) is 121 Å². The fourth-order valence-electron chi connectivity index (χ4n) is 6.05. The lowest BCUT2D eigenvalue weighted by atomic mass is 10.0. The van der Waals surface area contributed by atoms with E-state index < -0.39 is 17.7 Å². The van der Waals surface area contributed by atoms with Crippen LogP contribution in [0.3, 0.4) is 0 Å². The van der Waals surface area contributed by atoms with E-state index in [-0.39, 0.29) is 24.5 Å². The van der Waals surface area contributed by atoms with Gasteiger partial charge in [0, 0.05) is 12.3 Å². The molecule has 0 saturated heterocycles. The van der Waals surface area contributed by atoms with Crippen LogP contribution in [0.4, 0.5) is 24.5 Å². The predicted molar refractivity (Wildman–Crippen MR) is 235 cm³/mol. The molecule has 2 aromatic rings. The quantitative estimate of drug-likeness (QED) is 0.0504. The number of nitrogens with one attached hydrogen (secondary N) is 1. The van der Waals surface area contributed by atoms with E-state index in [2.05, 4.69) is 12.2 Å². The number of anilines is 2. The molecule has 0 atom stereocenters. The maximum Gasteiger partial charge on any atom is 0.416 e. The zero-order valence-corrected chi connectivity index (χ0v) is 37.4. The minimum atomic E-state index is -4.48. The summed E-state index contributed by atoms with van der Waals surface area (Å²) in [6.45, 7) is 10.8. The summed E-state index contributed by atoms with van der Waals surface area (Å²) in [5.74, 6) is -0.625. The molecule has 0 aliphatic carbocycles. The van der Waals surface area contributed by atoms with Gasteiger partial charge in [-0.25, -0.2) is 4.79 Å². The Bertz CT molecular complexity index is 1320.